The third-order valence-corrected chi connectivity index (χ3v) is 3.07. The predicted octanol–water partition coefficient (Wildman–Crippen LogP) is 2.58. The van der Waals surface area contributed by atoms with E-state index in [1.54, 1.807) is 12.1 Å². The molecule has 0 aliphatic heterocycles. The van der Waals surface area contributed by atoms with Crippen LogP contribution in [0.15, 0.2) is 29.3 Å². The smallest absolute Gasteiger partial charge is 0.270 e. The van der Waals surface area contributed by atoms with E-state index in [0.717, 1.165) is 0 Å². The van der Waals surface area contributed by atoms with Crippen molar-refractivity contribution < 1.29 is 4.92 Å². The molecular formula is C11H8N4O2S. The summed E-state index contributed by atoms with van der Waals surface area (Å²) in [5.41, 5.74) is 1.47. The first-order chi connectivity index (χ1) is 8.67. The average Bonchev–Trinajstić information content (AvgIpc) is 2.81. The minimum absolute atomic E-state index is 0.0170. The molecule has 2 rings (SSSR count). The molecule has 1 aromatic heterocycles. The van der Waals surface area contributed by atoms with Crippen molar-refractivity contribution in [1.29, 1.82) is 5.26 Å². The number of rotatable bonds is 3. The minimum atomic E-state index is -0.471. The Morgan fingerprint density at radius 2 is 2.33 bits per heavy atom. The molecular weight excluding hydrogens is 252 g/mol. The fourth-order valence-corrected chi connectivity index (χ4v) is 2.05. The summed E-state index contributed by atoms with van der Waals surface area (Å²) in [6.07, 6.45) is 1.81. The summed E-state index contributed by atoms with van der Waals surface area (Å²) in [5.74, 6) is 0. The van der Waals surface area contributed by atoms with Crippen molar-refractivity contribution in [1.82, 2.24) is 10.2 Å². The van der Waals surface area contributed by atoms with Crippen LogP contribution in [0.3, 0.4) is 0 Å². The van der Waals surface area contributed by atoms with Gasteiger partial charge in [0.1, 0.15) is 16.7 Å². The summed E-state index contributed by atoms with van der Waals surface area (Å²) in [7, 11) is 0. The van der Waals surface area contributed by atoms with E-state index in [1.165, 1.54) is 23.9 Å². The lowest BCUT2D eigenvalue weighted by molar-refractivity contribution is -0.384. The van der Waals surface area contributed by atoms with Crippen LogP contribution >= 0.6 is 11.8 Å². The Morgan fingerprint density at radius 1 is 1.56 bits per heavy atom. The highest BCUT2D eigenvalue weighted by Gasteiger charge is 2.15. The van der Waals surface area contributed by atoms with E-state index >= 15 is 0 Å². The number of non-ortho nitro benzene ring substituents is 1. The standard InChI is InChI=1S/C11H8N4O2S/c1-18-11-9(6-12)10(13-14-11)7-3-2-4-8(5-7)15(16)17/h2-5H,1H3,(H,13,14). The lowest BCUT2D eigenvalue weighted by Gasteiger charge is -1.98. The number of nitro groups is 1. The quantitative estimate of drug-likeness (QED) is 0.519. The van der Waals surface area contributed by atoms with Gasteiger partial charge < -0.3 is 0 Å². The van der Waals surface area contributed by atoms with Gasteiger partial charge in [0, 0.05) is 17.7 Å². The molecule has 1 aromatic carbocycles. The average molecular weight is 260 g/mol. The van der Waals surface area contributed by atoms with Crippen molar-refractivity contribution in [3.63, 3.8) is 0 Å². The molecule has 90 valence electrons. The Hall–Kier alpha value is -2.33. The van der Waals surface area contributed by atoms with Gasteiger partial charge in [0.25, 0.3) is 5.69 Å². The zero-order valence-corrected chi connectivity index (χ0v) is 10.2. The van der Waals surface area contributed by atoms with Crippen LogP contribution in [0, 0.1) is 21.4 Å². The highest BCUT2D eigenvalue weighted by Crippen LogP contribution is 2.29. The number of benzene rings is 1. The van der Waals surface area contributed by atoms with E-state index in [-0.39, 0.29) is 5.69 Å². The van der Waals surface area contributed by atoms with E-state index in [1.807, 2.05) is 6.26 Å². The Balaban J connectivity index is 2.56. The molecule has 0 saturated carbocycles. The van der Waals surface area contributed by atoms with Gasteiger partial charge >= 0.3 is 0 Å². The lowest BCUT2D eigenvalue weighted by Crippen LogP contribution is -1.89. The number of nitrogens with one attached hydrogen (secondary N) is 1. The molecule has 0 saturated heterocycles. The van der Waals surface area contributed by atoms with Crippen molar-refractivity contribution >= 4 is 17.4 Å². The lowest BCUT2D eigenvalue weighted by atomic mass is 10.1. The molecule has 18 heavy (non-hydrogen) atoms. The van der Waals surface area contributed by atoms with Gasteiger partial charge in [-0.15, -0.1) is 11.8 Å². The van der Waals surface area contributed by atoms with Crippen molar-refractivity contribution in [2.45, 2.75) is 5.03 Å². The second-order valence-corrected chi connectivity index (χ2v) is 4.20. The number of nitriles is 1. The maximum Gasteiger partial charge on any atom is 0.270 e. The Morgan fingerprint density at radius 3 is 2.94 bits per heavy atom. The van der Waals surface area contributed by atoms with Crippen LogP contribution in [-0.4, -0.2) is 21.4 Å². The fraction of sp³-hybridized carbons (Fsp3) is 0.0909. The van der Waals surface area contributed by atoms with Gasteiger partial charge in [0.2, 0.25) is 0 Å². The Labute approximate surface area is 107 Å². The first-order valence-corrected chi connectivity index (χ1v) is 6.17. The molecule has 0 aliphatic carbocycles. The van der Waals surface area contributed by atoms with Crippen LogP contribution < -0.4 is 0 Å². The molecule has 7 heteroatoms. The van der Waals surface area contributed by atoms with E-state index in [0.29, 0.717) is 21.8 Å². The predicted molar refractivity (Wildman–Crippen MR) is 67.2 cm³/mol. The fourth-order valence-electron chi connectivity index (χ4n) is 1.56. The summed E-state index contributed by atoms with van der Waals surface area (Å²) >= 11 is 1.35. The Kier molecular flexibility index (Phi) is 3.30. The third kappa shape index (κ3) is 2.06. The van der Waals surface area contributed by atoms with Crippen LogP contribution in [0.4, 0.5) is 5.69 Å². The summed E-state index contributed by atoms with van der Waals surface area (Å²) in [4.78, 5) is 10.2. The van der Waals surface area contributed by atoms with Crippen molar-refractivity contribution in [2.75, 3.05) is 6.26 Å². The van der Waals surface area contributed by atoms with Crippen LogP contribution in [0.2, 0.25) is 0 Å². The van der Waals surface area contributed by atoms with Gasteiger partial charge in [-0.1, -0.05) is 12.1 Å². The van der Waals surface area contributed by atoms with Gasteiger partial charge in [-0.2, -0.15) is 10.4 Å². The minimum Gasteiger partial charge on any atom is -0.275 e. The number of hydrogen-bond donors (Lipinski definition) is 1. The van der Waals surface area contributed by atoms with E-state index in [9.17, 15) is 10.1 Å². The summed E-state index contributed by atoms with van der Waals surface area (Å²) < 4.78 is 0. The number of hydrogen-bond acceptors (Lipinski definition) is 5. The number of nitrogens with zero attached hydrogens (tertiary/aromatic N) is 3. The SMILES string of the molecule is CSc1n[nH]c(-c2cccc([N+](=O)[O-])c2)c1C#N. The normalized spacial score (nSPS) is 10.0. The molecule has 1 heterocycles. The first-order valence-electron chi connectivity index (χ1n) is 4.94. The number of H-pyrrole nitrogens is 1. The first kappa shape index (κ1) is 12.1. The molecule has 0 atom stereocenters. The zero-order chi connectivity index (χ0) is 13.1. The van der Waals surface area contributed by atoms with Crippen molar-refractivity contribution in [3.05, 3.63) is 39.9 Å². The molecule has 0 amide bonds. The van der Waals surface area contributed by atoms with Gasteiger partial charge in [-0.3, -0.25) is 15.2 Å². The molecule has 0 fully saturated rings. The largest absolute Gasteiger partial charge is 0.275 e. The highest BCUT2D eigenvalue weighted by molar-refractivity contribution is 7.98. The molecule has 2 aromatic rings. The molecule has 0 unspecified atom stereocenters. The van der Waals surface area contributed by atoms with Crippen molar-refractivity contribution in [2.24, 2.45) is 0 Å². The van der Waals surface area contributed by atoms with E-state index < -0.39 is 4.92 Å². The zero-order valence-electron chi connectivity index (χ0n) is 9.38. The molecule has 1 N–H and O–H groups in total. The Bertz CT molecular complexity index is 645. The van der Waals surface area contributed by atoms with Crippen LogP contribution in [0.5, 0.6) is 0 Å². The van der Waals surface area contributed by atoms with Crippen LogP contribution in [0.1, 0.15) is 5.56 Å². The molecule has 0 bridgehead atoms. The number of aromatic nitrogens is 2. The second-order valence-electron chi connectivity index (χ2n) is 3.40. The van der Waals surface area contributed by atoms with Gasteiger partial charge in [0.05, 0.1) is 10.6 Å². The van der Waals surface area contributed by atoms with Gasteiger partial charge in [0.15, 0.2) is 0 Å². The van der Waals surface area contributed by atoms with E-state index in [4.69, 9.17) is 5.26 Å². The van der Waals surface area contributed by atoms with Crippen molar-refractivity contribution in [3.8, 4) is 17.3 Å². The highest BCUT2D eigenvalue weighted by atomic mass is 32.2. The number of nitro benzene ring substituents is 1. The second kappa shape index (κ2) is 4.89. The van der Waals surface area contributed by atoms with Crippen LogP contribution in [-0.2, 0) is 0 Å². The maximum atomic E-state index is 10.7. The molecule has 0 spiro atoms. The van der Waals surface area contributed by atoms with Crippen LogP contribution in [0.25, 0.3) is 11.3 Å². The topological polar surface area (TPSA) is 95.6 Å². The van der Waals surface area contributed by atoms with Gasteiger partial charge in [-0.25, -0.2) is 0 Å². The number of aromatic amines is 1. The summed E-state index contributed by atoms with van der Waals surface area (Å²) in [5, 5.41) is 27.1. The molecule has 6 nitrogen and oxygen atoms in total. The van der Waals surface area contributed by atoms with E-state index in [2.05, 4.69) is 16.3 Å². The number of thioether (sulfide) groups is 1. The third-order valence-electron chi connectivity index (χ3n) is 2.38. The monoisotopic (exact) mass is 260 g/mol. The summed E-state index contributed by atoms with van der Waals surface area (Å²) in [6, 6.07) is 8.15. The summed E-state index contributed by atoms with van der Waals surface area (Å²) in [6.45, 7) is 0. The maximum absolute atomic E-state index is 10.7. The molecule has 0 aliphatic rings. The molecule has 0 radical (unpaired) electrons. The van der Waals surface area contributed by atoms with Gasteiger partial charge in [-0.05, 0) is 6.26 Å².